The lowest BCUT2D eigenvalue weighted by Crippen LogP contribution is -2.49. The number of esters is 1. The second-order valence-corrected chi connectivity index (χ2v) is 10.2. The molecule has 0 bridgehead atoms. The number of likely N-dealkylation sites (N-methyl/N-ethyl adjacent to an activating group) is 2. The molecular weight excluding hydrogens is 496 g/mol. The maximum atomic E-state index is 13.1. The number of anilines is 1. The molecule has 0 aromatic heterocycles. The van der Waals surface area contributed by atoms with Crippen molar-refractivity contribution in [1.29, 1.82) is 0 Å². The van der Waals surface area contributed by atoms with Gasteiger partial charge in [0.1, 0.15) is 11.9 Å². The van der Waals surface area contributed by atoms with Crippen molar-refractivity contribution in [2.45, 2.75) is 25.6 Å². The van der Waals surface area contributed by atoms with E-state index >= 15 is 0 Å². The third-order valence-electron chi connectivity index (χ3n) is 7.59. The number of hydrogen-bond donors (Lipinski definition) is 2. The van der Waals surface area contributed by atoms with Crippen LogP contribution in [0.1, 0.15) is 35.3 Å². The predicted molar refractivity (Wildman–Crippen MR) is 147 cm³/mol. The topological polar surface area (TPSA) is 100 Å². The normalized spacial score (nSPS) is 22.1. The minimum absolute atomic E-state index is 0.0645. The summed E-state index contributed by atoms with van der Waals surface area (Å²) in [7, 11) is 3.93. The van der Waals surface area contributed by atoms with Gasteiger partial charge in [0.15, 0.2) is 5.60 Å². The summed E-state index contributed by atoms with van der Waals surface area (Å²) in [4.78, 5) is 39.8. The first kappa shape index (κ1) is 26.3. The van der Waals surface area contributed by atoms with Gasteiger partial charge in [0, 0.05) is 82.7 Å². The molecule has 0 saturated heterocycles. The second-order valence-electron chi connectivity index (χ2n) is 10.2. The highest BCUT2D eigenvalue weighted by Gasteiger charge is 2.58. The Kier molecular flexibility index (Phi) is 7.08. The van der Waals surface area contributed by atoms with Crippen molar-refractivity contribution in [3.63, 3.8) is 0 Å². The smallest absolute Gasteiger partial charge is 0.339 e. The first-order valence-electron chi connectivity index (χ1n) is 13.2. The zero-order valence-corrected chi connectivity index (χ0v) is 22.7. The van der Waals surface area contributed by atoms with E-state index in [0.717, 1.165) is 22.5 Å². The number of carbonyl (C=O) groups excluding carboxylic acids is 3. The third kappa shape index (κ3) is 4.84. The van der Waals surface area contributed by atoms with Crippen LogP contribution in [0.15, 0.2) is 66.4 Å². The molecule has 2 aliphatic heterocycles. The number of nitrogens with one attached hydrogen (secondary N) is 2. The van der Waals surface area contributed by atoms with Crippen molar-refractivity contribution in [2.24, 2.45) is 5.92 Å². The van der Waals surface area contributed by atoms with Gasteiger partial charge in [-0.2, -0.15) is 0 Å². The first-order chi connectivity index (χ1) is 18.7. The van der Waals surface area contributed by atoms with Crippen LogP contribution >= 0.6 is 0 Å². The molecule has 39 heavy (non-hydrogen) atoms. The molecule has 2 heterocycles. The Balaban J connectivity index is 1.52. The molecular formula is C30H34N4O5. The zero-order chi connectivity index (χ0) is 27.7. The molecule has 2 amide bonds. The van der Waals surface area contributed by atoms with Crippen molar-refractivity contribution in [3.8, 4) is 5.75 Å². The Labute approximate surface area is 228 Å². The standard InChI is InChI=1S/C30H34N4O5/c1-19(35)31-13-15-33(3)21-9-11-25-27(17-21)38-28-18-22(34(4)16-14-32-20(2)36)10-12-26(28)30(25)24-8-6-5-7-23(24)29(37)39-30/h5-12,17-18,25,27H,13-16H2,1-4H3,(H,31,35)(H,32,36)/t25-,27+,30-/m0/s1. The van der Waals surface area contributed by atoms with Crippen LogP contribution in [0.4, 0.5) is 5.69 Å². The Hall–Kier alpha value is -4.27. The summed E-state index contributed by atoms with van der Waals surface area (Å²) < 4.78 is 12.9. The molecule has 2 aromatic carbocycles. The van der Waals surface area contributed by atoms with E-state index in [1.807, 2.05) is 67.5 Å². The van der Waals surface area contributed by atoms with E-state index < -0.39 is 5.60 Å². The highest BCUT2D eigenvalue weighted by molar-refractivity contribution is 5.96. The average molecular weight is 531 g/mol. The van der Waals surface area contributed by atoms with E-state index in [-0.39, 0.29) is 29.8 Å². The minimum Gasteiger partial charge on any atom is -0.485 e. The van der Waals surface area contributed by atoms with Gasteiger partial charge in [-0.1, -0.05) is 24.3 Å². The number of fused-ring (bicyclic) bond motifs is 6. The van der Waals surface area contributed by atoms with E-state index in [0.29, 0.717) is 37.5 Å². The minimum atomic E-state index is -1.02. The second kappa shape index (κ2) is 10.5. The van der Waals surface area contributed by atoms with Crippen LogP contribution in [0.2, 0.25) is 0 Å². The zero-order valence-electron chi connectivity index (χ0n) is 22.7. The number of nitrogens with zero attached hydrogens (tertiary/aromatic N) is 2. The fraction of sp³-hybridized carbons (Fsp3) is 0.367. The maximum Gasteiger partial charge on any atom is 0.339 e. The van der Waals surface area contributed by atoms with Gasteiger partial charge >= 0.3 is 5.97 Å². The monoisotopic (exact) mass is 530 g/mol. The largest absolute Gasteiger partial charge is 0.485 e. The van der Waals surface area contributed by atoms with Gasteiger partial charge < -0.3 is 29.9 Å². The highest BCUT2D eigenvalue weighted by atomic mass is 16.6. The van der Waals surface area contributed by atoms with Gasteiger partial charge in [-0.15, -0.1) is 0 Å². The quantitative estimate of drug-likeness (QED) is 0.506. The van der Waals surface area contributed by atoms with Crippen LogP contribution in [0.5, 0.6) is 5.75 Å². The molecule has 0 radical (unpaired) electrons. The van der Waals surface area contributed by atoms with Crippen LogP contribution < -0.4 is 20.3 Å². The van der Waals surface area contributed by atoms with Crippen molar-refractivity contribution in [3.05, 3.63) is 83.1 Å². The molecule has 0 saturated carbocycles. The molecule has 3 aliphatic rings. The van der Waals surface area contributed by atoms with Crippen LogP contribution in [0.3, 0.4) is 0 Å². The van der Waals surface area contributed by atoms with Gasteiger partial charge in [-0.25, -0.2) is 4.79 Å². The number of carbonyl (C=O) groups is 3. The predicted octanol–water partition coefficient (Wildman–Crippen LogP) is 2.57. The molecule has 2 N–H and O–H groups in total. The molecule has 0 unspecified atom stereocenters. The average Bonchev–Trinajstić information content (AvgIpc) is 3.20. The van der Waals surface area contributed by atoms with Crippen molar-refractivity contribution >= 4 is 23.5 Å². The van der Waals surface area contributed by atoms with Crippen LogP contribution in [0.25, 0.3) is 0 Å². The summed E-state index contributed by atoms with van der Waals surface area (Å²) >= 11 is 0. The van der Waals surface area contributed by atoms with E-state index in [2.05, 4.69) is 27.7 Å². The molecule has 3 atom stereocenters. The molecule has 204 valence electrons. The van der Waals surface area contributed by atoms with E-state index in [1.54, 1.807) is 0 Å². The lowest BCUT2D eigenvalue weighted by atomic mass is 9.70. The number of allylic oxidation sites excluding steroid dienone is 1. The fourth-order valence-corrected chi connectivity index (χ4v) is 5.59. The molecule has 0 fully saturated rings. The summed E-state index contributed by atoms with van der Waals surface area (Å²) in [6, 6.07) is 13.5. The Morgan fingerprint density at radius 3 is 2.36 bits per heavy atom. The number of ether oxygens (including phenoxy) is 2. The number of rotatable bonds is 8. The Bertz CT molecular complexity index is 1370. The van der Waals surface area contributed by atoms with Crippen LogP contribution in [0, 0.1) is 5.92 Å². The van der Waals surface area contributed by atoms with Crippen LogP contribution in [-0.2, 0) is 19.9 Å². The van der Waals surface area contributed by atoms with Gasteiger partial charge in [-0.3, -0.25) is 9.59 Å². The lowest BCUT2D eigenvalue weighted by molar-refractivity contribution is -0.119. The first-order valence-corrected chi connectivity index (χ1v) is 13.2. The highest BCUT2D eigenvalue weighted by Crippen LogP contribution is 2.56. The molecule has 9 heteroatoms. The fourth-order valence-electron chi connectivity index (χ4n) is 5.59. The third-order valence-corrected chi connectivity index (χ3v) is 7.59. The van der Waals surface area contributed by atoms with E-state index in [9.17, 15) is 14.4 Å². The van der Waals surface area contributed by atoms with Gasteiger partial charge in [-0.05, 0) is 30.4 Å². The van der Waals surface area contributed by atoms with Gasteiger partial charge in [0.25, 0.3) is 0 Å². The molecule has 5 rings (SSSR count). The molecule has 2 aromatic rings. The molecule has 1 spiro atoms. The van der Waals surface area contributed by atoms with Gasteiger partial charge in [0.05, 0.1) is 11.5 Å². The maximum absolute atomic E-state index is 13.1. The number of benzene rings is 2. The Morgan fingerprint density at radius 2 is 1.64 bits per heavy atom. The van der Waals surface area contributed by atoms with Crippen LogP contribution in [-0.4, -0.2) is 69.1 Å². The summed E-state index contributed by atoms with van der Waals surface area (Å²) in [6.45, 7) is 5.31. The molecule has 1 aliphatic carbocycles. The Morgan fingerprint density at radius 1 is 0.949 bits per heavy atom. The molecule has 9 nitrogen and oxygen atoms in total. The lowest BCUT2D eigenvalue weighted by Gasteiger charge is -2.45. The van der Waals surface area contributed by atoms with E-state index in [4.69, 9.17) is 9.47 Å². The number of amides is 2. The van der Waals surface area contributed by atoms with E-state index in [1.165, 1.54) is 13.8 Å². The number of hydrogen-bond acceptors (Lipinski definition) is 7. The SMILES string of the molecule is CC(=O)NCCN(C)C1=C[C@H]2Oc3cc(N(C)CCNC(C)=O)ccc3[C@@]3(OC(=O)c4ccccc43)[C@H]2C=C1. The summed E-state index contributed by atoms with van der Waals surface area (Å²) in [5, 5.41) is 5.65. The summed E-state index contributed by atoms with van der Waals surface area (Å²) in [5.41, 5.74) is 3.07. The van der Waals surface area contributed by atoms with Crippen molar-refractivity contribution in [1.82, 2.24) is 15.5 Å². The van der Waals surface area contributed by atoms with Crippen molar-refractivity contribution in [2.75, 3.05) is 45.2 Å². The van der Waals surface area contributed by atoms with Gasteiger partial charge in [0.2, 0.25) is 11.8 Å². The van der Waals surface area contributed by atoms with Crippen molar-refractivity contribution < 1.29 is 23.9 Å². The summed E-state index contributed by atoms with van der Waals surface area (Å²) in [5.74, 6) is -0.0959. The summed E-state index contributed by atoms with van der Waals surface area (Å²) in [6.07, 6.45) is 5.77.